The van der Waals surface area contributed by atoms with Crippen molar-refractivity contribution >= 4 is 23.9 Å². The van der Waals surface area contributed by atoms with E-state index in [0.29, 0.717) is 34.9 Å². The number of ether oxygens (including phenoxy) is 3. The molecule has 208 valence electrons. The highest BCUT2D eigenvalue weighted by Crippen LogP contribution is 2.22. The molecule has 0 unspecified atom stereocenters. The number of amides is 1. The molecule has 14 nitrogen and oxygen atoms in total. The van der Waals surface area contributed by atoms with Gasteiger partial charge >= 0.3 is 5.97 Å². The summed E-state index contributed by atoms with van der Waals surface area (Å²) in [5, 5.41) is 18.9. The maximum absolute atomic E-state index is 12.6. The van der Waals surface area contributed by atoms with Gasteiger partial charge in [-0.05, 0) is 71.2 Å². The maximum atomic E-state index is 12.6. The SMILES string of the molecule is COc1ccc(C=NNC(=O)c2nnn(-c3nonc3N)c2C)cc1COc1ccc(C(=O)OCC(C)C)cc1. The molecule has 0 saturated heterocycles. The zero-order valence-electron chi connectivity index (χ0n) is 22.3. The number of hydrogen-bond acceptors (Lipinski definition) is 12. The molecule has 40 heavy (non-hydrogen) atoms. The van der Waals surface area contributed by atoms with E-state index in [0.717, 1.165) is 5.56 Å². The molecule has 2 aromatic heterocycles. The predicted molar refractivity (Wildman–Crippen MR) is 142 cm³/mol. The molecule has 0 fully saturated rings. The van der Waals surface area contributed by atoms with E-state index in [1.54, 1.807) is 50.4 Å². The lowest BCUT2D eigenvalue weighted by molar-refractivity contribution is 0.0459. The van der Waals surface area contributed by atoms with Crippen molar-refractivity contribution in [3.63, 3.8) is 0 Å². The summed E-state index contributed by atoms with van der Waals surface area (Å²) in [4.78, 5) is 24.7. The Morgan fingerprint density at radius 2 is 1.95 bits per heavy atom. The fourth-order valence-corrected chi connectivity index (χ4v) is 3.46. The summed E-state index contributed by atoms with van der Waals surface area (Å²) in [6.45, 7) is 6.12. The molecule has 0 radical (unpaired) electrons. The second kappa shape index (κ2) is 12.5. The molecule has 0 aliphatic heterocycles. The third kappa shape index (κ3) is 6.59. The third-order valence-corrected chi connectivity index (χ3v) is 5.52. The van der Waals surface area contributed by atoms with E-state index in [4.69, 9.17) is 19.9 Å². The van der Waals surface area contributed by atoms with Crippen molar-refractivity contribution in [2.24, 2.45) is 11.0 Å². The van der Waals surface area contributed by atoms with Crippen LogP contribution in [0.4, 0.5) is 5.82 Å². The van der Waals surface area contributed by atoms with Gasteiger partial charge in [-0.2, -0.15) is 9.78 Å². The number of nitrogens with zero attached hydrogens (tertiary/aromatic N) is 6. The summed E-state index contributed by atoms with van der Waals surface area (Å²) in [6.07, 6.45) is 1.47. The number of anilines is 1. The first-order valence-corrected chi connectivity index (χ1v) is 12.2. The Morgan fingerprint density at radius 1 is 1.18 bits per heavy atom. The number of nitrogens with one attached hydrogen (secondary N) is 1. The van der Waals surface area contributed by atoms with E-state index in [2.05, 4.69) is 35.8 Å². The van der Waals surface area contributed by atoms with Crippen molar-refractivity contribution in [2.75, 3.05) is 19.5 Å². The Hall–Kier alpha value is -5.27. The molecule has 4 aromatic rings. The molecule has 1 amide bonds. The average molecular weight is 549 g/mol. The van der Waals surface area contributed by atoms with Gasteiger partial charge in [-0.25, -0.2) is 14.8 Å². The Kier molecular flexibility index (Phi) is 8.69. The fraction of sp³-hybridized carbons (Fsp3) is 0.269. The molecule has 2 heterocycles. The van der Waals surface area contributed by atoms with Crippen LogP contribution in [0.25, 0.3) is 5.82 Å². The van der Waals surface area contributed by atoms with Crippen LogP contribution in [0.3, 0.4) is 0 Å². The van der Waals surface area contributed by atoms with Gasteiger partial charge in [0.1, 0.15) is 18.1 Å². The standard InChI is InChI=1S/C26H28N8O6/c1-15(2)13-39-26(36)18-6-8-20(9-7-18)38-14-19-11-17(5-10-21(19)37-4)12-28-30-25(35)22-16(3)34(33-29-22)24-23(27)31-40-32-24/h5-12,15H,13-14H2,1-4H3,(H2,27,31)(H,30,35). The lowest BCUT2D eigenvalue weighted by atomic mass is 10.1. The predicted octanol–water partition coefficient (Wildman–Crippen LogP) is 2.71. The summed E-state index contributed by atoms with van der Waals surface area (Å²) in [6, 6.07) is 12.1. The Morgan fingerprint density at radius 3 is 2.62 bits per heavy atom. The van der Waals surface area contributed by atoms with Crippen molar-refractivity contribution in [1.29, 1.82) is 0 Å². The number of methoxy groups -OCH3 is 1. The Labute approximate surface area is 229 Å². The molecule has 0 saturated carbocycles. The van der Waals surface area contributed by atoms with Crippen LogP contribution in [0, 0.1) is 12.8 Å². The molecular formula is C26H28N8O6. The molecule has 0 aliphatic rings. The highest BCUT2D eigenvalue weighted by atomic mass is 16.6. The van der Waals surface area contributed by atoms with Gasteiger partial charge in [-0.1, -0.05) is 19.1 Å². The number of nitrogens with two attached hydrogens (primary N) is 1. The first-order chi connectivity index (χ1) is 19.3. The van der Waals surface area contributed by atoms with Crippen LogP contribution in [0.5, 0.6) is 11.5 Å². The van der Waals surface area contributed by atoms with Crippen molar-refractivity contribution in [3.8, 4) is 17.3 Å². The summed E-state index contributed by atoms with van der Waals surface area (Å²) < 4.78 is 22.4. The second-order valence-corrected chi connectivity index (χ2v) is 8.98. The number of carbonyl (C=O) groups excluding carboxylic acids is 2. The molecular weight excluding hydrogens is 520 g/mol. The van der Waals surface area contributed by atoms with Gasteiger partial charge in [-0.3, -0.25) is 4.79 Å². The molecule has 4 rings (SSSR count). The van der Waals surface area contributed by atoms with E-state index in [1.165, 1.54) is 10.9 Å². The van der Waals surface area contributed by atoms with E-state index in [9.17, 15) is 9.59 Å². The van der Waals surface area contributed by atoms with E-state index in [1.807, 2.05) is 19.9 Å². The van der Waals surface area contributed by atoms with Crippen LogP contribution in [0.15, 0.2) is 52.2 Å². The largest absolute Gasteiger partial charge is 0.496 e. The number of esters is 1. The Bertz CT molecular complexity index is 1510. The summed E-state index contributed by atoms with van der Waals surface area (Å²) in [5.41, 5.74) is 10.4. The third-order valence-electron chi connectivity index (χ3n) is 5.52. The quantitative estimate of drug-likeness (QED) is 0.160. The molecule has 3 N–H and O–H groups in total. The van der Waals surface area contributed by atoms with Crippen molar-refractivity contribution < 1.29 is 28.4 Å². The van der Waals surface area contributed by atoms with Gasteiger partial charge in [0, 0.05) is 5.56 Å². The fourth-order valence-electron chi connectivity index (χ4n) is 3.46. The first kappa shape index (κ1) is 27.8. The molecule has 2 aromatic carbocycles. The Balaban J connectivity index is 1.37. The number of benzene rings is 2. The molecule has 0 aliphatic carbocycles. The topological polar surface area (TPSA) is 182 Å². The normalized spacial score (nSPS) is 11.1. The number of carbonyl (C=O) groups is 2. The summed E-state index contributed by atoms with van der Waals surface area (Å²) in [7, 11) is 1.56. The number of rotatable bonds is 11. The number of hydrogen-bond donors (Lipinski definition) is 2. The average Bonchev–Trinajstić information content (AvgIpc) is 3.55. The van der Waals surface area contributed by atoms with Gasteiger partial charge in [0.15, 0.2) is 5.69 Å². The highest BCUT2D eigenvalue weighted by Gasteiger charge is 2.20. The van der Waals surface area contributed by atoms with Gasteiger partial charge in [-0.15, -0.1) is 5.10 Å². The minimum atomic E-state index is -0.580. The van der Waals surface area contributed by atoms with Crippen molar-refractivity contribution in [3.05, 3.63) is 70.5 Å². The summed E-state index contributed by atoms with van der Waals surface area (Å²) in [5.74, 6) is 0.622. The monoisotopic (exact) mass is 548 g/mol. The summed E-state index contributed by atoms with van der Waals surface area (Å²) >= 11 is 0. The first-order valence-electron chi connectivity index (χ1n) is 12.2. The zero-order valence-corrected chi connectivity index (χ0v) is 22.3. The number of nitrogen functional groups attached to an aromatic ring is 1. The molecule has 0 bridgehead atoms. The van der Waals surface area contributed by atoms with Gasteiger partial charge in [0.25, 0.3) is 5.91 Å². The van der Waals surface area contributed by atoms with E-state index < -0.39 is 5.91 Å². The lowest BCUT2D eigenvalue weighted by Crippen LogP contribution is -2.19. The van der Waals surface area contributed by atoms with Crippen molar-refractivity contribution in [2.45, 2.75) is 27.4 Å². The van der Waals surface area contributed by atoms with Crippen LogP contribution < -0.4 is 20.6 Å². The number of hydrazone groups is 1. The van der Waals surface area contributed by atoms with Gasteiger partial charge < -0.3 is 19.9 Å². The zero-order chi connectivity index (χ0) is 28.6. The van der Waals surface area contributed by atoms with Crippen LogP contribution in [0.2, 0.25) is 0 Å². The smallest absolute Gasteiger partial charge is 0.338 e. The van der Waals surface area contributed by atoms with Gasteiger partial charge in [0.2, 0.25) is 11.6 Å². The van der Waals surface area contributed by atoms with Crippen LogP contribution in [-0.2, 0) is 11.3 Å². The lowest BCUT2D eigenvalue weighted by Gasteiger charge is -2.12. The van der Waals surface area contributed by atoms with Crippen molar-refractivity contribution in [1.82, 2.24) is 30.7 Å². The molecule has 0 spiro atoms. The second-order valence-electron chi connectivity index (χ2n) is 8.98. The van der Waals surface area contributed by atoms with E-state index >= 15 is 0 Å². The van der Waals surface area contributed by atoms with Crippen LogP contribution in [0.1, 0.15) is 51.5 Å². The minimum Gasteiger partial charge on any atom is -0.496 e. The van der Waals surface area contributed by atoms with E-state index in [-0.39, 0.29) is 35.8 Å². The van der Waals surface area contributed by atoms with Gasteiger partial charge in [0.05, 0.1) is 31.2 Å². The van der Waals surface area contributed by atoms with Crippen LogP contribution >= 0.6 is 0 Å². The van der Waals surface area contributed by atoms with Crippen LogP contribution in [-0.4, -0.2) is 57.1 Å². The molecule has 14 heteroatoms. The number of aromatic nitrogens is 5. The highest BCUT2D eigenvalue weighted by molar-refractivity contribution is 5.94. The maximum Gasteiger partial charge on any atom is 0.338 e. The minimum absolute atomic E-state index is 0.0103. The molecule has 0 atom stereocenters.